The Morgan fingerprint density at radius 2 is 1.75 bits per heavy atom. The first-order valence-electron chi connectivity index (χ1n) is 10.8. The third kappa shape index (κ3) is 7.30. The Bertz CT molecular complexity index is 963. The molecule has 174 valence electrons. The maximum Gasteiger partial charge on any atom is 0.416 e. The van der Waals surface area contributed by atoms with Gasteiger partial charge in [0.15, 0.2) is 11.6 Å². The van der Waals surface area contributed by atoms with E-state index in [1.165, 1.54) is 18.2 Å². The molecule has 1 unspecified atom stereocenters. The Morgan fingerprint density at radius 3 is 2.41 bits per heavy atom. The monoisotopic (exact) mass is 448 g/mol. The van der Waals surface area contributed by atoms with Crippen molar-refractivity contribution in [3.8, 4) is 0 Å². The number of hydrogen-bond donors (Lipinski definition) is 1. The fourth-order valence-electron chi connectivity index (χ4n) is 3.62. The SMILES string of the molecule is CC1=C(C)C(=O)C(CCC(C)(O)CC/C=C(\C)CCc2cccc(C(F)(F)F)c2)=CC1=O. The number of ketones is 2. The number of rotatable bonds is 9. The van der Waals surface area contributed by atoms with Gasteiger partial charge in [0.25, 0.3) is 0 Å². The van der Waals surface area contributed by atoms with Crippen LogP contribution in [0, 0.1) is 0 Å². The second kappa shape index (κ2) is 10.4. The van der Waals surface area contributed by atoms with Crippen molar-refractivity contribution in [2.45, 2.75) is 78.0 Å². The van der Waals surface area contributed by atoms with Crippen LogP contribution < -0.4 is 0 Å². The molecule has 0 aliphatic heterocycles. The van der Waals surface area contributed by atoms with Crippen LogP contribution in [0.4, 0.5) is 13.2 Å². The lowest BCUT2D eigenvalue weighted by Gasteiger charge is -2.24. The summed E-state index contributed by atoms with van der Waals surface area (Å²) in [6.07, 6.45) is 1.97. The number of aryl methyl sites for hydroxylation is 1. The van der Waals surface area contributed by atoms with E-state index in [4.69, 9.17) is 0 Å². The zero-order valence-electron chi connectivity index (χ0n) is 19.1. The van der Waals surface area contributed by atoms with Gasteiger partial charge in [0, 0.05) is 16.7 Å². The van der Waals surface area contributed by atoms with Crippen molar-refractivity contribution in [2.75, 3.05) is 0 Å². The van der Waals surface area contributed by atoms with Crippen LogP contribution in [0.3, 0.4) is 0 Å². The Kier molecular flexibility index (Phi) is 8.41. The minimum Gasteiger partial charge on any atom is -0.390 e. The number of Topliss-reactive ketones (excluding diaryl/α,β-unsaturated/α-hetero) is 1. The molecule has 1 aliphatic carbocycles. The molecule has 0 fully saturated rings. The summed E-state index contributed by atoms with van der Waals surface area (Å²) >= 11 is 0. The number of alkyl halides is 3. The van der Waals surface area contributed by atoms with E-state index in [0.717, 1.165) is 11.6 Å². The Balaban J connectivity index is 1.83. The molecule has 0 bridgehead atoms. The fourth-order valence-corrected chi connectivity index (χ4v) is 3.62. The largest absolute Gasteiger partial charge is 0.416 e. The zero-order chi connectivity index (χ0) is 24.1. The summed E-state index contributed by atoms with van der Waals surface area (Å²) < 4.78 is 38.5. The Hall–Kier alpha value is -2.47. The van der Waals surface area contributed by atoms with Crippen LogP contribution in [0.2, 0.25) is 0 Å². The normalized spacial score (nSPS) is 17.5. The first-order chi connectivity index (χ1) is 14.8. The molecule has 32 heavy (non-hydrogen) atoms. The average molecular weight is 449 g/mol. The van der Waals surface area contributed by atoms with Crippen LogP contribution >= 0.6 is 0 Å². The molecule has 6 heteroatoms. The van der Waals surface area contributed by atoms with Crippen molar-refractivity contribution in [3.05, 3.63) is 69.8 Å². The first-order valence-corrected chi connectivity index (χ1v) is 10.8. The van der Waals surface area contributed by atoms with Crippen LogP contribution in [0.25, 0.3) is 0 Å². The smallest absolute Gasteiger partial charge is 0.390 e. The number of aliphatic hydroxyl groups is 1. The fraction of sp³-hybridized carbons (Fsp3) is 0.462. The molecule has 2 rings (SSSR count). The number of halogens is 3. The van der Waals surface area contributed by atoms with Gasteiger partial charge in [-0.3, -0.25) is 9.59 Å². The summed E-state index contributed by atoms with van der Waals surface area (Å²) in [6.45, 7) is 6.92. The highest BCUT2D eigenvalue weighted by molar-refractivity contribution is 6.22. The van der Waals surface area contributed by atoms with Crippen molar-refractivity contribution in [2.24, 2.45) is 0 Å². The van der Waals surface area contributed by atoms with Crippen molar-refractivity contribution in [3.63, 3.8) is 0 Å². The third-order valence-electron chi connectivity index (χ3n) is 6.04. The molecule has 0 saturated heterocycles. The molecular weight excluding hydrogens is 417 g/mol. The average Bonchev–Trinajstić information content (AvgIpc) is 2.72. The Morgan fingerprint density at radius 1 is 1.06 bits per heavy atom. The van der Waals surface area contributed by atoms with Gasteiger partial charge in [-0.05, 0) is 83.9 Å². The van der Waals surface area contributed by atoms with Gasteiger partial charge >= 0.3 is 6.18 Å². The molecule has 0 saturated carbocycles. The summed E-state index contributed by atoms with van der Waals surface area (Å²) in [5.74, 6) is -0.292. The maximum atomic E-state index is 12.8. The molecule has 1 atom stereocenters. The summed E-state index contributed by atoms with van der Waals surface area (Å²) in [5.41, 5.74) is 1.42. The molecule has 1 aliphatic rings. The van der Waals surface area contributed by atoms with E-state index >= 15 is 0 Å². The second-order valence-corrected chi connectivity index (χ2v) is 8.90. The molecule has 0 spiro atoms. The van der Waals surface area contributed by atoms with Crippen LogP contribution in [0.1, 0.15) is 70.9 Å². The summed E-state index contributed by atoms with van der Waals surface area (Å²) in [5, 5.41) is 10.7. The highest BCUT2D eigenvalue weighted by Crippen LogP contribution is 2.30. The minimum atomic E-state index is -4.34. The van der Waals surface area contributed by atoms with Crippen LogP contribution in [0.15, 0.2) is 58.7 Å². The van der Waals surface area contributed by atoms with E-state index in [2.05, 4.69) is 0 Å². The van der Waals surface area contributed by atoms with Gasteiger partial charge < -0.3 is 5.11 Å². The maximum absolute atomic E-state index is 12.8. The Labute approximate surface area is 187 Å². The number of carbonyl (C=O) groups is 2. The van der Waals surface area contributed by atoms with Crippen molar-refractivity contribution in [1.82, 2.24) is 0 Å². The van der Waals surface area contributed by atoms with Gasteiger partial charge in [-0.15, -0.1) is 0 Å². The van der Waals surface area contributed by atoms with Crippen molar-refractivity contribution >= 4 is 11.6 Å². The molecule has 1 N–H and O–H groups in total. The van der Waals surface area contributed by atoms with E-state index < -0.39 is 17.3 Å². The van der Waals surface area contributed by atoms with Crippen LogP contribution in [-0.2, 0) is 22.2 Å². The minimum absolute atomic E-state index is 0.136. The summed E-state index contributed by atoms with van der Waals surface area (Å²) in [6, 6.07) is 5.37. The van der Waals surface area contributed by atoms with E-state index in [9.17, 15) is 27.9 Å². The third-order valence-corrected chi connectivity index (χ3v) is 6.04. The predicted octanol–water partition coefficient (Wildman–Crippen LogP) is 6.31. The lowest BCUT2D eigenvalue weighted by Crippen LogP contribution is -2.25. The standard InChI is InChI=1S/C26H31F3O3/c1-17(10-11-20-8-5-9-22(15-20)26(27,28)29)7-6-13-25(4,32)14-12-21-16-23(30)18(2)19(3)24(21)31/h5,7-9,15-16,32H,6,10-14H2,1-4H3/b17-7+. The summed E-state index contributed by atoms with van der Waals surface area (Å²) in [4.78, 5) is 24.3. The lowest BCUT2D eigenvalue weighted by atomic mass is 9.85. The predicted molar refractivity (Wildman–Crippen MR) is 119 cm³/mol. The number of hydrogen-bond acceptors (Lipinski definition) is 3. The number of allylic oxidation sites excluding steroid dienone is 6. The van der Waals surface area contributed by atoms with Gasteiger partial charge in [0.1, 0.15) is 0 Å². The molecule has 1 aromatic rings. The molecule has 0 heterocycles. The number of carbonyl (C=O) groups excluding carboxylic acids is 2. The van der Waals surface area contributed by atoms with Gasteiger partial charge in [0.2, 0.25) is 0 Å². The van der Waals surface area contributed by atoms with Crippen LogP contribution in [-0.4, -0.2) is 22.3 Å². The highest BCUT2D eigenvalue weighted by atomic mass is 19.4. The second-order valence-electron chi connectivity index (χ2n) is 8.90. The topological polar surface area (TPSA) is 54.4 Å². The van der Waals surface area contributed by atoms with Crippen LogP contribution in [0.5, 0.6) is 0 Å². The first kappa shape index (κ1) is 25.8. The van der Waals surface area contributed by atoms with Crippen molar-refractivity contribution in [1.29, 1.82) is 0 Å². The molecular formula is C26H31F3O3. The zero-order valence-corrected chi connectivity index (χ0v) is 19.1. The van der Waals surface area contributed by atoms with Gasteiger partial charge in [-0.1, -0.05) is 29.8 Å². The van der Waals surface area contributed by atoms with Crippen molar-refractivity contribution < 1.29 is 27.9 Å². The van der Waals surface area contributed by atoms with E-state index in [-0.39, 0.29) is 11.6 Å². The van der Waals surface area contributed by atoms with E-state index in [0.29, 0.717) is 60.8 Å². The van der Waals surface area contributed by atoms with E-state index in [1.807, 2.05) is 13.0 Å². The quantitative estimate of drug-likeness (QED) is 0.356. The molecule has 0 radical (unpaired) electrons. The molecule has 0 amide bonds. The van der Waals surface area contributed by atoms with E-state index in [1.54, 1.807) is 26.8 Å². The molecule has 0 aromatic heterocycles. The van der Waals surface area contributed by atoms with Gasteiger partial charge in [-0.25, -0.2) is 0 Å². The highest BCUT2D eigenvalue weighted by Gasteiger charge is 2.30. The molecule has 3 nitrogen and oxygen atoms in total. The molecule has 1 aromatic carbocycles. The number of benzene rings is 1. The van der Waals surface area contributed by atoms with Gasteiger partial charge in [0.05, 0.1) is 11.2 Å². The lowest BCUT2D eigenvalue weighted by molar-refractivity contribution is -0.137. The summed E-state index contributed by atoms with van der Waals surface area (Å²) in [7, 11) is 0. The van der Waals surface area contributed by atoms with Gasteiger partial charge in [-0.2, -0.15) is 13.2 Å².